The lowest BCUT2D eigenvalue weighted by Gasteiger charge is -2.18. The molecule has 0 rings (SSSR count). The van der Waals surface area contributed by atoms with E-state index in [1.807, 2.05) is 13.8 Å². The lowest BCUT2D eigenvalue weighted by molar-refractivity contribution is 0.0904. The molecule has 0 fully saturated rings. The smallest absolute Gasteiger partial charge is 0.0904 e. The summed E-state index contributed by atoms with van der Waals surface area (Å²) in [7, 11) is 0. The summed E-state index contributed by atoms with van der Waals surface area (Å²) in [6, 6.07) is 0. The highest BCUT2D eigenvalue weighted by Gasteiger charge is 2.17. The van der Waals surface area contributed by atoms with Crippen LogP contribution in [0.25, 0.3) is 0 Å². The van der Waals surface area contributed by atoms with E-state index in [0.717, 1.165) is 0 Å². The number of aliphatic hydroxyl groups excluding tert-OH is 2. The maximum Gasteiger partial charge on any atom is 0.0904 e. The Morgan fingerprint density at radius 1 is 1.36 bits per heavy atom. The second-order valence-corrected chi connectivity index (χ2v) is 3.48. The van der Waals surface area contributed by atoms with E-state index >= 15 is 0 Å². The maximum absolute atomic E-state index is 9.44. The molecular formula is C9H18O2. The Balaban J connectivity index is 3.82. The van der Waals surface area contributed by atoms with Crippen molar-refractivity contribution in [2.75, 3.05) is 0 Å². The average Bonchev–Trinajstić information content (AvgIpc) is 1.84. The normalized spacial score (nSPS) is 16.5. The van der Waals surface area contributed by atoms with Crippen LogP contribution in [-0.2, 0) is 0 Å². The predicted octanol–water partition coefficient (Wildman–Crippen LogP) is 2.10. The molecule has 2 nitrogen and oxygen atoms in total. The number of hydrogen-bond acceptors (Lipinski definition) is 2. The second-order valence-electron chi connectivity index (χ2n) is 3.48. The van der Waals surface area contributed by atoms with Gasteiger partial charge >= 0.3 is 0 Å². The third-order valence-electron chi connectivity index (χ3n) is 1.82. The Hall–Kier alpha value is -0.500. The molecule has 0 aromatic heterocycles. The second kappa shape index (κ2) is 4.39. The quantitative estimate of drug-likeness (QED) is 0.615. The summed E-state index contributed by atoms with van der Waals surface area (Å²) in [5, 5.41) is 18.4. The fourth-order valence-corrected chi connectivity index (χ4v) is 0.909. The molecule has 2 atom stereocenters. The van der Waals surface area contributed by atoms with E-state index in [1.165, 1.54) is 0 Å². The summed E-state index contributed by atoms with van der Waals surface area (Å²) >= 11 is 0. The molecule has 0 radical (unpaired) electrons. The predicted molar refractivity (Wildman–Crippen MR) is 46.4 cm³/mol. The third-order valence-corrected chi connectivity index (χ3v) is 1.82. The van der Waals surface area contributed by atoms with Crippen molar-refractivity contribution < 1.29 is 10.2 Å². The van der Waals surface area contributed by atoms with Crippen molar-refractivity contribution in [2.24, 2.45) is 11.8 Å². The van der Waals surface area contributed by atoms with Gasteiger partial charge < -0.3 is 10.2 Å². The van der Waals surface area contributed by atoms with Crippen LogP contribution < -0.4 is 0 Å². The lowest BCUT2D eigenvalue weighted by atomic mass is 9.95. The van der Waals surface area contributed by atoms with Crippen molar-refractivity contribution in [1.82, 2.24) is 0 Å². The molecule has 0 aromatic carbocycles. The van der Waals surface area contributed by atoms with Crippen molar-refractivity contribution in [3.05, 3.63) is 12.3 Å². The zero-order valence-electron chi connectivity index (χ0n) is 7.54. The van der Waals surface area contributed by atoms with Crippen LogP contribution in [0.2, 0.25) is 0 Å². The average molecular weight is 158 g/mol. The summed E-state index contributed by atoms with van der Waals surface area (Å²) in [6.45, 7) is 9.23. The first kappa shape index (κ1) is 10.5. The van der Waals surface area contributed by atoms with Crippen LogP contribution in [0.5, 0.6) is 0 Å². The standard InChI is InChI=1S/C9H18O2/c1-6(2)5-9(11)7(3)8(4)10/h6-7,9-11H,4-5H2,1-3H3. The van der Waals surface area contributed by atoms with Crippen molar-refractivity contribution in [3.8, 4) is 0 Å². The van der Waals surface area contributed by atoms with Crippen LogP contribution in [0.15, 0.2) is 12.3 Å². The molecule has 2 heteroatoms. The molecule has 66 valence electrons. The molecular weight excluding hydrogens is 140 g/mol. The van der Waals surface area contributed by atoms with Gasteiger partial charge in [0, 0.05) is 5.92 Å². The van der Waals surface area contributed by atoms with Crippen molar-refractivity contribution >= 4 is 0 Å². The third kappa shape index (κ3) is 4.04. The largest absolute Gasteiger partial charge is 0.513 e. The van der Waals surface area contributed by atoms with E-state index in [1.54, 1.807) is 6.92 Å². The molecule has 0 aliphatic heterocycles. The van der Waals surface area contributed by atoms with Crippen LogP contribution in [0.1, 0.15) is 27.2 Å². The summed E-state index contributed by atoms with van der Waals surface area (Å²) in [5.41, 5.74) is 0. The van der Waals surface area contributed by atoms with E-state index in [2.05, 4.69) is 6.58 Å². The lowest BCUT2D eigenvalue weighted by Crippen LogP contribution is -2.20. The summed E-state index contributed by atoms with van der Waals surface area (Å²) in [5.74, 6) is 0.308. The first-order valence-electron chi connectivity index (χ1n) is 4.01. The Morgan fingerprint density at radius 2 is 1.82 bits per heavy atom. The minimum atomic E-state index is -0.465. The van der Waals surface area contributed by atoms with Gasteiger partial charge in [-0.2, -0.15) is 0 Å². The van der Waals surface area contributed by atoms with Crippen LogP contribution >= 0.6 is 0 Å². The van der Waals surface area contributed by atoms with Gasteiger partial charge in [0.15, 0.2) is 0 Å². The number of hydrogen-bond donors (Lipinski definition) is 2. The van der Waals surface area contributed by atoms with Crippen molar-refractivity contribution in [2.45, 2.75) is 33.3 Å². The van der Waals surface area contributed by atoms with Gasteiger partial charge in [-0.25, -0.2) is 0 Å². The topological polar surface area (TPSA) is 40.5 Å². The van der Waals surface area contributed by atoms with Crippen molar-refractivity contribution in [3.63, 3.8) is 0 Å². The maximum atomic E-state index is 9.44. The highest BCUT2D eigenvalue weighted by molar-refractivity contribution is 4.90. The highest BCUT2D eigenvalue weighted by Crippen LogP contribution is 2.16. The molecule has 2 N–H and O–H groups in total. The van der Waals surface area contributed by atoms with Crippen LogP contribution in [-0.4, -0.2) is 16.3 Å². The van der Waals surface area contributed by atoms with E-state index in [4.69, 9.17) is 5.11 Å². The van der Waals surface area contributed by atoms with E-state index in [9.17, 15) is 5.11 Å². The molecule has 0 aliphatic carbocycles. The molecule has 0 spiro atoms. The fourth-order valence-electron chi connectivity index (χ4n) is 0.909. The van der Waals surface area contributed by atoms with Crippen LogP contribution in [0.3, 0.4) is 0 Å². The minimum absolute atomic E-state index is 0.0677. The van der Waals surface area contributed by atoms with Gasteiger partial charge in [-0.05, 0) is 12.3 Å². The fraction of sp³-hybridized carbons (Fsp3) is 0.778. The minimum Gasteiger partial charge on any atom is -0.513 e. The number of rotatable bonds is 4. The van der Waals surface area contributed by atoms with Gasteiger partial charge in [-0.15, -0.1) is 0 Å². The van der Waals surface area contributed by atoms with Gasteiger partial charge in [-0.1, -0.05) is 27.4 Å². The van der Waals surface area contributed by atoms with E-state index in [-0.39, 0.29) is 11.7 Å². The summed E-state index contributed by atoms with van der Waals surface area (Å²) in [4.78, 5) is 0. The molecule has 0 saturated carbocycles. The number of aliphatic hydroxyl groups is 2. The molecule has 2 unspecified atom stereocenters. The first-order chi connectivity index (χ1) is 4.95. The molecule has 11 heavy (non-hydrogen) atoms. The van der Waals surface area contributed by atoms with Gasteiger partial charge in [-0.3, -0.25) is 0 Å². The molecule has 0 aromatic rings. The van der Waals surface area contributed by atoms with Crippen LogP contribution in [0, 0.1) is 11.8 Å². The molecule has 0 saturated heterocycles. The first-order valence-corrected chi connectivity index (χ1v) is 4.01. The Labute approximate surface area is 68.6 Å². The molecule has 0 aliphatic rings. The van der Waals surface area contributed by atoms with Gasteiger partial charge in [0.05, 0.1) is 11.9 Å². The zero-order valence-corrected chi connectivity index (χ0v) is 7.54. The Bertz CT molecular complexity index is 130. The van der Waals surface area contributed by atoms with E-state index < -0.39 is 6.10 Å². The zero-order chi connectivity index (χ0) is 9.02. The van der Waals surface area contributed by atoms with Crippen molar-refractivity contribution in [1.29, 1.82) is 0 Å². The van der Waals surface area contributed by atoms with Gasteiger partial charge in [0.1, 0.15) is 0 Å². The van der Waals surface area contributed by atoms with Gasteiger partial charge in [0.2, 0.25) is 0 Å². The SMILES string of the molecule is C=C(O)C(C)C(O)CC(C)C. The van der Waals surface area contributed by atoms with E-state index in [0.29, 0.717) is 12.3 Å². The van der Waals surface area contributed by atoms with Gasteiger partial charge in [0.25, 0.3) is 0 Å². The highest BCUT2D eigenvalue weighted by atomic mass is 16.3. The monoisotopic (exact) mass is 158 g/mol. The molecule has 0 bridgehead atoms. The van der Waals surface area contributed by atoms with Crippen LogP contribution in [0.4, 0.5) is 0 Å². The Morgan fingerprint density at radius 3 is 2.09 bits per heavy atom. The Kier molecular flexibility index (Phi) is 4.19. The molecule has 0 amide bonds. The summed E-state index contributed by atoms with van der Waals surface area (Å²) < 4.78 is 0. The molecule has 0 heterocycles. The summed E-state index contributed by atoms with van der Waals surface area (Å²) in [6.07, 6.45) is 0.244.